The first-order chi connectivity index (χ1) is 5.67. The van der Waals surface area contributed by atoms with Crippen molar-refractivity contribution in [2.75, 3.05) is 0 Å². The van der Waals surface area contributed by atoms with Gasteiger partial charge in [-0.25, -0.2) is 0 Å². The van der Waals surface area contributed by atoms with E-state index in [-0.39, 0.29) is 6.42 Å². The molecule has 0 N–H and O–H groups in total. The third kappa shape index (κ3) is 6.00. The molecule has 8 heavy (non-hydrogen) atoms. The molecule has 0 amide bonds. The third-order valence-electron chi connectivity index (χ3n) is 1.08. The predicted octanol–water partition coefficient (Wildman–Crippen LogP) is 3.22. The van der Waals surface area contributed by atoms with Crippen LogP contribution in [0.4, 0.5) is 0 Å². The van der Waals surface area contributed by atoms with Crippen LogP contribution in [0.3, 0.4) is 0 Å². The Labute approximate surface area is 60.3 Å². The van der Waals surface area contributed by atoms with E-state index in [0.29, 0.717) is 12.3 Å². The van der Waals surface area contributed by atoms with Gasteiger partial charge in [-0.05, 0) is 5.92 Å². The van der Waals surface area contributed by atoms with Gasteiger partial charge in [0, 0.05) is 6.85 Å². The molecule has 0 aliphatic carbocycles. The van der Waals surface area contributed by atoms with Gasteiger partial charge in [-0.1, -0.05) is 46.3 Å². The maximum atomic E-state index is 7.33. The highest BCUT2D eigenvalue weighted by Gasteiger charge is 1.90. The van der Waals surface area contributed by atoms with Crippen LogP contribution in [0.25, 0.3) is 0 Å². The minimum absolute atomic E-state index is 0.127. The molecule has 0 spiro atoms. The zero-order valence-electron chi connectivity index (χ0n) is 10.7. The summed E-state index contributed by atoms with van der Waals surface area (Å²) in [6, 6.07) is 0. The van der Waals surface area contributed by atoms with Gasteiger partial charge in [0.25, 0.3) is 0 Å². The highest BCUT2D eigenvalue weighted by Crippen LogP contribution is 2.06. The van der Waals surface area contributed by atoms with E-state index in [2.05, 4.69) is 0 Å². The molecule has 0 fully saturated rings. The van der Waals surface area contributed by atoms with Crippen LogP contribution < -0.4 is 0 Å². The second kappa shape index (κ2) is 5.14. The molecule has 0 aliphatic rings. The normalized spacial score (nSPS) is 23.1. The Morgan fingerprint density at radius 2 is 2.25 bits per heavy atom. The molecule has 0 atom stereocenters. The molecular formula is C8H18. The van der Waals surface area contributed by atoms with Crippen LogP contribution in [0.5, 0.6) is 0 Å². The van der Waals surface area contributed by atoms with Crippen LogP contribution in [0.2, 0.25) is 0 Å². The molecule has 0 aromatic carbocycles. The van der Waals surface area contributed by atoms with E-state index in [0.717, 1.165) is 6.42 Å². The fourth-order valence-corrected chi connectivity index (χ4v) is 0.599. The van der Waals surface area contributed by atoms with Gasteiger partial charge in [-0.3, -0.25) is 0 Å². The summed E-state index contributed by atoms with van der Waals surface area (Å²) < 4.78 is 35.6. The first-order valence-electron chi connectivity index (χ1n) is 5.67. The average molecular weight is 119 g/mol. The fourth-order valence-electron chi connectivity index (χ4n) is 0.599. The van der Waals surface area contributed by atoms with E-state index in [1.165, 1.54) is 0 Å². The van der Waals surface area contributed by atoms with E-state index in [4.69, 9.17) is 6.85 Å². The van der Waals surface area contributed by atoms with Crippen molar-refractivity contribution in [1.29, 1.82) is 0 Å². The van der Waals surface area contributed by atoms with Gasteiger partial charge in [0.1, 0.15) is 0 Å². The van der Waals surface area contributed by atoms with Crippen molar-refractivity contribution in [1.82, 2.24) is 0 Å². The molecule has 50 valence electrons. The second-order valence-corrected chi connectivity index (χ2v) is 2.46. The lowest BCUT2D eigenvalue weighted by atomic mass is 10.1. The third-order valence-corrected chi connectivity index (χ3v) is 1.08. The lowest BCUT2D eigenvalue weighted by molar-refractivity contribution is 0.534. The van der Waals surface area contributed by atoms with Crippen molar-refractivity contribution >= 4 is 0 Å². The molecule has 0 aliphatic heterocycles. The topological polar surface area (TPSA) is 0 Å². The van der Waals surface area contributed by atoms with E-state index >= 15 is 0 Å². The van der Waals surface area contributed by atoms with Crippen molar-refractivity contribution in [3.05, 3.63) is 0 Å². The summed E-state index contributed by atoms with van der Waals surface area (Å²) in [4.78, 5) is 0. The number of rotatable bonds is 4. The molecule has 0 unspecified atom stereocenters. The Balaban J connectivity index is 3.90. The summed E-state index contributed by atoms with van der Waals surface area (Å²) in [5.74, 6) is 0.507. The number of hydrogen-bond donors (Lipinski definition) is 0. The van der Waals surface area contributed by atoms with E-state index < -0.39 is 13.2 Å². The van der Waals surface area contributed by atoms with Crippen LogP contribution in [0, 0.1) is 5.92 Å². The smallest absolute Gasteiger partial charge is 0.0264 e. The zero-order valence-corrected chi connectivity index (χ0v) is 5.70. The molecule has 0 heterocycles. The maximum absolute atomic E-state index is 7.33. The Bertz CT molecular complexity index is 147. The highest BCUT2D eigenvalue weighted by molar-refractivity contribution is 4.44. The van der Waals surface area contributed by atoms with Gasteiger partial charge >= 0.3 is 0 Å². The average Bonchev–Trinajstić information content (AvgIpc) is 1.82. The van der Waals surface area contributed by atoms with Crippen molar-refractivity contribution in [2.24, 2.45) is 5.92 Å². The predicted molar refractivity (Wildman–Crippen MR) is 39.0 cm³/mol. The monoisotopic (exact) mass is 119 g/mol. The van der Waals surface area contributed by atoms with Crippen LogP contribution in [0.1, 0.15) is 53.2 Å². The van der Waals surface area contributed by atoms with E-state index in [9.17, 15) is 0 Å². The molecule has 0 radical (unpaired) electrons. The molecule has 0 heteroatoms. The Kier molecular flexibility index (Phi) is 1.75. The molecule has 0 rings (SSSR count). The summed E-state index contributed by atoms with van der Waals surface area (Å²) in [5, 5.41) is 0. The Hall–Kier alpha value is 0. The molecule has 0 nitrogen and oxygen atoms in total. The zero-order chi connectivity index (χ0) is 10.7. The Morgan fingerprint density at radius 1 is 1.50 bits per heavy atom. The van der Waals surface area contributed by atoms with Gasteiger partial charge in [0.05, 0.1) is 0 Å². The standard InChI is InChI=1S/C8H18/c1-4-5-6-7-8(2)3/h8H,4-7H2,1-3H3/i1D3,4D2. The Morgan fingerprint density at radius 3 is 2.75 bits per heavy atom. The minimum atomic E-state index is -2.48. The van der Waals surface area contributed by atoms with E-state index in [1.807, 2.05) is 13.8 Å². The van der Waals surface area contributed by atoms with Gasteiger partial charge in [-0.15, -0.1) is 0 Å². The first kappa shape index (κ1) is 2.72. The molecule has 0 aromatic rings. The SMILES string of the molecule is [2H]C([2H])([2H])C([2H])([2H])CCCC(C)C. The van der Waals surface area contributed by atoms with Gasteiger partial charge < -0.3 is 0 Å². The van der Waals surface area contributed by atoms with Gasteiger partial charge in [0.15, 0.2) is 0 Å². The fraction of sp³-hybridized carbons (Fsp3) is 1.00. The number of hydrogen-bond acceptors (Lipinski definition) is 0. The summed E-state index contributed by atoms with van der Waals surface area (Å²) in [6.45, 7) is 1.61. The van der Waals surface area contributed by atoms with Crippen LogP contribution in [-0.4, -0.2) is 0 Å². The van der Waals surface area contributed by atoms with Crippen molar-refractivity contribution in [3.63, 3.8) is 0 Å². The quantitative estimate of drug-likeness (QED) is 0.533. The van der Waals surface area contributed by atoms with Gasteiger partial charge in [-0.2, -0.15) is 0 Å². The molecule has 0 saturated heterocycles. The van der Waals surface area contributed by atoms with E-state index in [1.54, 1.807) is 0 Å². The first-order valence-corrected chi connectivity index (χ1v) is 3.17. The summed E-state index contributed by atoms with van der Waals surface area (Å²) >= 11 is 0. The van der Waals surface area contributed by atoms with Crippen molar-refractivity contribution in [3.8, 4) is 0 Å². The molecular weight excluding hydrogens is 96.1 g/mol. The van der Waals surface area contributed by atoms with Crippen LogP contribution in [0.15, 0.2) is 0 Å². The summed E-state index contributed by atoms with van der Waals surface area (Å²) in [5.41, 5.74) is 0. The second-order valence-electron chi connectivity index (χ2n) is 2.46. The molecule has 0 aromatic heterocycles. The summed E-state index contributed by atoms with van der Waals surface area (Å²) in [7, 11) is 0. The van der Waals surface area contributed by atoms with Crippen molar-refractivity contribution < 1.29 is 6.85 Å². The highest BCUT2D eigenvalue weighted by atomic mass is 14.0. The van der Waals surface area contributed by atoms with Crippen LogP contribution >= 0.6 is 0 Å². The summed E-state index contributed by atoms with van der Waals surface area (Å²) in [6.07, 6.45) is -0.373. The lowest BCUT2D eigenvalue weighted by Crippen LogP contribution is -1.85. The van der Waals surface area contributed by atoms with Crippen molar-refractivity contribution in [2.45, 2.75) is 46.3 Å². The van der Waals surface area contributed by atoms with Gasteiger partial charge in [0.2, 0.25) is 0 Å². The lowest BCUT2D eigenvalue weighted by Gasteiger charge is -2.00. The largest absolute Gasteiger partial charge is 0.0654 e. The minimum Gasteiger partial charge on any atom is -0.0654 e. The maximum Gasteiger partial charge on any atom is 0.0264 e. The molecule has 0 saturated carbocycles. The van der Waals surface area contributed by atoms with Crippen LogP contribution in [-0.2, 0) is 0 Å². The molecule has 0 bridgehead atoms.